The van der Waals surface area contributed by atoms with Crippen LogP contribution in [0.2, 0.25) is 0 Å². The van der Waals surface area contributed by atoms with E-state index in [1.54, 1.807) is 12.3 Å². The first kappa shape index (κ1) is 31.3. The standard InChI is InChI=1S/C24H24B2F2N8O9P2/c25-46(38)41-8-14-20(17(28)24(43-14)36-21-15-10(3-5-30-21)29-4-1-2-11(15)34-36)45-47(26,39)40-7-13-19(44-46)16(27)23(42-13)35-9-31-18-12(35)6-32-33-22(18)37/h3,5-6,9,13-14,16-17,19-20,23-24,29H,1-2,4,7-8H2,(H,33,37)/t13-,14-,16?,17+,19+,20?,23-,24-,46?,47?/m1/s1. The summed E-state index contributed by atoms with van der Waals surface area (Å²) in [6, 6.07) is 1.79. The number of hydrogen-bond donors (Lipinski definition) is 2. The van der Waals surface area contributed by atoms with Crippen LogP contribution in [0.3, 0.4) is 0 Å². The molecular weight excluding hydrogens is 666 g/mol. The minimum Gasteiger partial charge on any atom is -0.384 e. The molecule has 17 nitrogen and oxygen atoms in total. The number of hydrogen-bond acceptors (Lipinski definition) is 14. The van der Waals surface area contributed by atoms with Crippen molar-refractivity contribution in [1.29, 1.82) is 0 Å². The minimum absolute atomic E-state index is 0.0485. The minimum atomic E-state index is -4.61. The summed E-state index contributed by atoms with van der Waals surface area (Å²) in [5.74, 6) is 0. The number of nitrogens with zero attached hydrogens (tertiary/aromatic N) is 6. The number of H-pyrrole nitrogens is 1. The lowest BCUT2D eigenvalue weighted by Gasteiger charge is -2.29. The van der Waals surface area contributed by atoms with Gasteiger partial charge in [-0.25, -0.2) is 28.5 Å². The van der Waals surface area contributed by atoms with Crippen LogP contribution in [0.4, 0.5) is 14.5 Å². The molecule has 4 aliphatic rings. The van der Waals surface area contributed by atoms with Crippen LogP contribution in [-0.2, 0) is 43.1 Å². The summed E-state index contributed by atoms with van der Waals surface area (Å²) in [4.78, 5) is 20.4. The Morgan fingerprint density at radius 1 is 0.979 bits per heavy atom. The first-order valence-electron chi connectivity index (χ1n) is 14.5. The van der Waals surface area contributed by atoms with E-state index in [1.807, 2.05) is 0 Å². The number of aromatic nitrogens is 7. The SMILES string of the molecule is [B]P1(=O)OC[C@H]2O[C@@H](n3cnc4c(=O)[nH]ncc43)C(F)[C@H]2OP([B])(=O)OC[C@H]2O[C@@H](n3nc4c5c(ccnc53)NCCC4)[C@@H](F)C2O1. The molecule has 4 aromatic rings. The molecule has 0 aliphatic carbocycles. The Morgan fingerprint density at radius 2 is 1.66 bits per heavy atom. The Labute approximate surface area is 265 Å². The molecule has 0 saturated carbocycles. The molecule has 244 valence electrons. The number of anilines is 1. The molecule has 0 spiro atoms. The monoisotopic (exact) mass is 690 g/mol. The van der Waals surface area contributed by atoms with Crippen LogP contribution in [0, 0.1) is 0 Å². The highest BCUT2D eigenvalue weighted by atomic mass is 31.2. The van der Waals surface area contributed by atoms with E-state index in [0.29, 0.717) is 23.1 Å². The zero-order valence-corrected chi connectivity index (χ0v) is 25.9. The lowest BCUT2D eigenvalue weighted by atomic mass is 10.1. The first-order valence-corrected chi connectivity index (χ1v) is 17.7. The van der Waals surface area contributed by atoms with Gasteiger partial charge in [0.05, 0.1) is 42.3 Å². The van der Waals surface area contributed by atoms with Crippen molar-refractivity contribution in [2.75, 3.05) is 25.1 Å². The molecule has 47 heavy (non-hydrogen) atoms. The summed E-state index contributed by atoms with van der Waals surface area (Å²) >= 11 is 0. The quantitative estimate of drug-likeness (QED) is 0.228. The van der Waals surface area contributed by atoms with E-state index in [4.69, 9.17) is 42.7 Å². The molecule has 2 N–H and O–H groups in total. The molecule has 23 heteroatoms. The van der Waals surface area contributed by atoms with Gasteiger partial charge in [0, 0.05) is 18.4 Å². The van der Waals surface area contributed by atoms with Gasteiger partial charge < -0.3 is 32.9 Å². The number of imidazole rings is 1. The van der Waals surface area contributed by atoms with E-state index >= 15 is 8.78 Å². The molecule has 4 unspecified atom stereocenters. The maximum Gasteiger partial charge on any atom is 0.292 e. The van der Waals surface area contributed by atoms with Crippen molar-refractivity contribution in [3.63, 3.8) is 0 Å². The predicted octanol–water partition coefficient (Wildman–Crippen LogP) is 1.76. The molecule has 4 radical (unpaired) electrons. The van der Waals surface area contributed by atoms with Crippen molar-refractivity contribution in [1.82, 2.24) is 34.5 Å². The molecular formula is C24H24B2F2N8O9P2. The topological polar surface area (TPSA) is 196 Å². The smallest absolute Gasteiger partial charge is 0.292 e. The van der Waals surface area contributed by atoms with Gasteiger partial charge in [0.1, 0.15) is 24.4 Å². The van der Waals surface area contributed by atoms with Gasteiger partial charge in [0.25, 0.3) is 20.5 Å². The summed E-state index contributed by atoms with van der Waals surface area (Å²) in [7, 11) is 2.54. The molecule has 8 rings (SSSR count). The molecule has 3 saturated heterocycles. The fourth-order valence-corrected chi connectivity index (χ4v) is 8.29. The third-order valence-electron chi connectivity index (χ3n) is 8.39. The van der Waals surface area contributed by atoms with Gasteiger partial charge in [-0.2, -0.15) is 10.2 Å². The second-order valence-corrected chi connectivity index (χ2v) is 14.5. The number of aryl methyl sites for hydroxylation is 1. The van der Waals surface area contributed by atoms with E-state index < -0.39 is 82.9 Å². The van der Waals surface area contributed by atoms with Gasteiger partial charge in [-0.05, 0) is 18.9 Å². The average Bonchev–Trinajstić information content (AvgIpc) is 3.73. The Hall–Kier alpha value is -3.02. The second-order valence-electron chi connectivity index (χ2n) is 11.4. The van der Waals surface area contributed by atoms with Gasteiger partial charge in [-0.1, -0.05) is 0 Å². The Morgan fingerprint density at radius 3 is 2.38 bits per heavy atom. The number of halogens is 2. The summed E-state index contributed by atoms with van der Waals surface area (Å²) in [6.07, 6.45) is -8.08. The maximum absolute atomic E-state index is 16.3. The third kappa shape index (κ3) is 5.46. The highest BCUT2D eigenvalue weighted by Gasteiger charge is 2.54. The fourth-order valence-electron chi connectivity index (χ4n) is 6.28. The normalized spacial score (nSPS) is 37.8. The zero-order chi connectivity index (χ0) is 32.7. The number of rotatable bonds is 2. The summed E-state index contributed by atoms with van der Waals surface area (Å²) in [5.41, 5.74) is 1.23. The van der Waals surface area contributed by atoms with Crippen LogP contribution in [0.15, 0.2) is 29.6 Å². The Bertz CT molecular complexity index is 2020. The summed E-state index contributed by atoms with van der Waals surface area (Å²) in [6.45, 7) is -0.716. The van der Waals surface area contributed by atoms with Crippen molar-refractivity contribution < 1.29 is 45.5 Å². The van der Waals surface area contributed by atoms with Gasteiger partial charge in [0.2, 0.25) is 15.1 Å². The number of ether oxygens (including phenoxy) is 2. The molecule has 0 bridgehead atoms. The second kappa shape index (κ2) is 11.6. The highest BCUT2D eigenvalue weighted by Crippen LogP contribution is 2.54. The fraction of sp³-hybridized carbons (Fsp3) is 0.542. The number of pyridine rings is 1. The summed E-state index contributed by atoms with van der Waals surface area (Å²) in [5, 5.41) is 14.5. The van der Waals surface area contributed by atoms with Gasteiger partial charge in [-0.15, -0.1) is 0 Å². The highest BCUT2D eigenvalue weighted by molar-refractivity contribution is 7.79. The van der Waals surface area contributed by atoms with Gasteiger partial charge >= 0.3 is 0 Å². The van der Waals surface area contributed by atoms with Crippen LogP contribution in [0.1, 0.15) is 24.6 Å². The predicted molar refractivity (Wildman–Crippen MR) is 158 cm³/mol. The molecule has 8 heterocycles. The lowest BCUT2D eigenvalue weighted by molar-refractivity contribution is -0.0568. The number of nitrogens with one attached hydrogen (secondary N) is 2. The van der Waals surface area contributed by atoms with E-state index in [2.05, 4.69) is 30.6 Å². The molecule has 4 aromatic heterocycles. The van der Waals surface area contributed by atoms with Crippen molar-refractivity contribution >= 4 is 57.8 Å². The average molecular weight is 690 g/mol. The van der Waals surface area contributed by atoms with E-state index in [0.717, 1.165) is 25.0 Å². The number of fused-ring (bicyclic) bond motifs is 3. The van der Waals surface area contributed by atoms with Gasteiger partial charge in [-0.3, -0.25) is 18.5 Å². The van der Waals surface area contributed by atoms with E-state index in [-0.39, 0.29) is 11.0 Å². The maximum atomic E-state index is 16.3. The number of alkyl halides is 2. The van der Waals surface area contributed by atoms with Crippen LogP contribution < -0.4 is 10.9 Å². The van der Waals surface area contributed by atoms with Gasteiger partial charge in [0.15, 0.2) is 36.0 Å². The Balaban J connectivity index is 1.08. The van der Waals surface area contributed by atoms with Crippen LogP contribution in [0.25, 0.3) is 22.1 Å². The van der Waals surface area contributed by atoms with Crippen molar-refractivity contribution in [3.8, 4) is 0 Å². The van der Waals surface area contributed by atoms with E-state index in [9.17, 15) is 13.9 Å². The van der Waals surface area contributed by atoms with Crippen LogP contribution in [-0.4, -0.2) is 106 Å². The summed E-state index contributed by atoms with van der Waals surface area (Å²) < 4.78 is 94.7. The van der Waals surface area contributed by atoms with Crippen LogP contribution in [0.5, 0.6) is 0 Å². The van der Waals surface area contributed by atoms with Crippen molar-refractivity contribution in [3.05, 3.63) is 40.8 Å². The third-order valence-corrected chi connectivity index (χ3v) is 10.5. The van der Waals surface area contributed by atoms with Crippen molar-refractivity contribution in [2.45, 2.75) is 62.1 Å². The molecule has 10 atom stereocenters. The van der Waals surface area contributed by atoms with Crippen LogP contribution >= 0.6 is 14.9 Å². The molecule has 0 aromatic carbocycles. The first-order chi connectivity index (χ1) is 22.5. The molecule has 0 amide bonds. The lowest BCUT2D eigenvalue weighted by Crippen LogP contribution is -2.37. The zero-order valence-electron chi connectivity index (χ0n) is 24.1. The van der Waals surface area contributed by atoms with E-state index in [1.165, 1.54) is 15.4 Å². The largest absolute Gasteiger partial charge is 0.384 e. The molecule has 3 fully saturated rings. The Kier molecular flexibility index (Phi) is 7.68. The number of aromatic amines is 1. The van der Waals surface area contributed by atoms with Crippen molar-refractivity contribution in [2.24, 2.45) is 0 Å². The molecule has 4 aliphatic heterocycles.